The molecule has 0 aliphatic rings. The van der Waals surface area contributed by atoms with Gasteiger partial charge in [0.05, 0.1) is 0 Å². The summed E-state index contributed by atoms with van der Waals surface area (Å²) in [5.41, 5.74) is 0. The number of hydrogen-bond acceptors (Lipinski definition) is 3. The van der Waals surface area contributed by atoms with Crippen LogP contribution in [-0.4, -0.2) is 18.4 Å². The van der Waals surface area contributed by atoms with Crippen LogP contribution >= 0.6 is 0 Å². The maximum atomic E-state index is 12.1. The minimum absolute atomic E-state index is 0.0173. The molecule has 256 valence electrons. The molecule has 0 aromatic carbocycles. The molecule has 0 aliphatic carbocycles. The van der Waals surface area contributed by atoms with E-state index in [2.05, 4.69) is 13.8 Å². The molecule has 0 rings (SSSR count). The van der Waals surface area contributed by atoms with Crippen molar-refractivity contribution in [2.45, 2.75) is 239 Å². The monoisotopic (exact) mass is 607 g/mol. The molecule has 3 nitrogen and oxygen atoms in total. The number of rotatable bonds is 37. The van der Waals surface area contributed by atoms with Crippen LogP contribution in [0.15, 0.2) is 0 Å². The van der Waals surface area contributed by atoms with Gasteiger partial charge in [-0.2, -0.15) is 0 Å². The van der Waals surface area contributed by atoms with Crippen LogP contribution in [0.4, 0.5) is 0 Å². The summed E-state index contributed by atoms with van der Waals surface area (Å²) in [6.45, 7) is 4.55. The Morgan fingerprint density at radius 1 is 0.326 bits per heavy atom. The van der Waals surface area contributed by atoms with Crippen LogP contribution in [0.2, 0.25) is 0 Å². The fraction of sp³-hybridized carbons (Fsp3) is 0.950. The van der Waals surface area contributed by atoms with Gasteiger partial charge in [-0.1, -0.05) is 213 Å². The number of ketones is 1. The highest BCUT2D eigenvalue weighted by atomic mass is 16.5. The molecule has 0 bridgehead atoms. The highest BCUT2D eigenvalue weighted by Gasteiger charge is 2.07. The van der Waals surface area contributed by atoms with E-state index in [0.29, 0.717) is 12.8 Å². The summed E-state index contributed by atoms with van der Waals surface area (Å²) in [7, 11) is 0. The second-order valence-corrected chi connectivity index (χ2v) is 13.7. The number of ether oxygens (including phenoxy) is 1. The highest BCUT2D eigenvalue weighted by Crippen LogP contribution is 2.16. The minimum Gasteiger partial charge on any atom is -0.458 e. The Bertz CT molecular complexity index is 558. The van der Waals surface area contributed by atoms with E-state index in [1.807, 2.05) is 0 Å². The van der Waals surface area contributed by atoms with Crippen molar-refractivity contribution < 1.29 is 14.3 Å². The van der Waals surface area contributed by atoms with Crippen LogP contribution in [-0.2, 0) is 14.3 Å². The van der Waals surface area contributed by atoms with Crippen molar-refractivity contribution >= 4 is 11.8 Å². The van der Waals surface area contributed by atoms with Crippen molar-refractivity contribution in [1.82, 2.24) is 0 Å². The van der Waals surface area contributed by atoms with E-state index >= 15 is 0 Å². The summed E-state index contributed by atoms with van der Waals surface area (Å²) in [5.74, 6) is -0.109. The van der Waals surface area contributed by atoms with Crippen LogP contribution < -0.4 is 0 Å². The fourth-order valence-corrected chi connectivity index (χ4v) is 6.17. The normalized spacial score (nSPS) is 11.3. The molecule has 0 saturated carbocycles. The third kappa shape index (κ3) is 37.2. The maximum absolute atomic E-state index is 12.1. The van der Waals surface area contributed by atoms with E-state index in [4.69, 9.17) is 4.74 Å². The summed E-state index contributed by atoms with van der Waals surface area (Å²) in [6.07, 6.45) is 45.2. The van der Waals surface area contributed by atoms with Gasteiger partial charge in [0, 0.05) is 12.8 Å². The lowest BCUT2D eigenvalue weighted by atomic mass is 10.0. The fourth-order valence-electron chi connectivity index (χ4n) is 6.17. The largest absolute Gasteiger partial charge is 0.458 e. The number of unbranched alkanes of at least 4 members (excludes halogenated alkanes) is 31. The molecule has 0 unspecified atom stereocenters. The SMILES string of the molecule is CCCCCCCCCCCCCCCCCCCC(=O)OCC(=O)CCCCCCCCCCCCCCCCCC. The molecule has 43 heavy (non-hydrogen) atoms. The third-order valence-corrected chi connectivity index (χ3v) is 9.19. The van der Waals surface area contributed by atoms with E-state index < -0.39 is 0 Å². The van der Waals surface area contributed by atoms with Crippen LogP contribution in [0.25, 0.3) is 0 Å². The Morgan fingerprint density at radius 3 is 0.837 bits per heavy atom. The molecule has 0 radical (unpaired) electrons. The van der Waals surface area contributed by atoms with Crippen LogP contribution in [0.5, 0.6) is 0 Å². The smallest absolute Gasteiger partial charge is 0.306 e. The standard InChI is InChI=1S/C40H78O3/c1-3-5-7-9-11-13-15-17-19-21-23-25-27-29-31-33-35-37-40(42)43-38-39(41)36-34-32-30-28-26-24-22-20-18-16-14-12-10-8-6-4-2/h3-38H2,1-2H3. The lowest BCUT2D eigenvalue weighted by molar-refractivity contribution is -0.148. The first-order chi connectivity index (χ1) is 21.2. The van der Waals surface area contributed by atoms with Crippen LogP contribution in [0, 0.1) is 0 Å². The Morgan fingerprint density at radius 2 is 0.558 bits per heavy atom. The van der Waals surface area contributed by atoms with Crippen LogP contribution in [0.3, 0.4) is 0 Å². The Labute approximate surface area is 270 Å². The molecule has 0 aromatic heterocycles. The van der Waals surface area contributed by atoms with Crippen molar-refractivity contribution in [2.24, 2.45) is 0 Å². The zero-order valence-corrected chi connectivity index (χ0v) is 29.7. The van der Waals surface area contributed by atoms with Gasteiger partial charge in [0.1, 0.15) is 6.61 Å². The predicted molar refractivity (Wildman–Crippen MR) is 189 cm³/mol. The average molecular weight is 607 g/mol. The first kappa shape index (κ1) is 42.1. The zero-order chi connectivity index (χ0) is 31.3. The van der Waals surface area contributed by atoms with Gasteiger partial charge in [-0.05, 0) is 12.8 Å². The van der Waals surface area contributed by atoms with Gasteiger partial charge in [-0.3, -0.25) is 9.59 Å². The van der Waals surface area contributed by atoms with Gasteiger partial charge in [0.25, 0.3) is 0 Å². The lowest BCUT2D eigenvalue weighted by Gasteiger charge is -2.05. The van der Waals surface area contributed by atoms with Crippen molar-refractivity contribution in [3.05, 3.63) is 0 Å². The topological polar surface area (TPSA) is 43.4 Å². The van der Waals surface area contributed by atoms with Gasteiger partial charge < -0.3 is 4.74 Å². The van der Waals surface area contributed by atoms with Crippen molar-refractivity contribution in [3.8, 4) is 0 Å². The van der Waals surface area contributed by atoms with Crippen molar-refractivity contribution in [2.75, 3.05) is 6.61 Å². The highest BCUT2D eigenvalue weighted by molar-refractivity contribution is 5.82. The second kappa shape index (κ2) is 37.3. The molecule has 0 aromatic rings. The Kier molecular flexibility index (Phi) is 36.6. The minimum atomic E-state index is -0.193. The molecule has 0 saturated heterocycles. The molecule has 0 spiro atoms. The summed E-state index contributed by atoms with van der Waals surface area (Å²) in [5, 5.41) is 0. The Hall–Kier alpha value is -0.860. The molecule has 0 aliphatic heterocycles. The number of carbonyl (C=O) groups is 2. The predicted octanol–water partition coefficient (Wildman–Crippen LogP) is 13.8. The summed E-state index contributed by atoms with van der Waals surface area (Å²) in [4.78, 5) is 24.0. The molecule has 0 N–H and O–H groups in total. The van der Waals surface area contributed by atoms with Crippen LogP contribution in [0.1, 0.15) is 239 Å². The summed E-state index contributed by atoms with van der Waals surface area (Å²) >= 11 is 0. The zero-order valence-electron chi connectivity index (χ0n) is 29.7. The van der Waals surface area contributed by atoms with Gasteiger partial charge in [-0.15, -0.1) is 0 Å². The summed E-state index contributed by atoms with van der Waals surface area (Å²) in [6, 6.07) is 0. The van der Waals surface area contributed by atoms with E-state index in [1.165, 1.54) is 186 Å². The second-order valence-electron chi connectivity index (χ2n) is 13.7. The molecular weight excluding hydrogens is 528 g/mol. The summed E-state index contributed by atoms with van der Waals surface area (Å²) < 4.78 is 5.22. The number of hydrogen-bond donors (Lipinski definition) is 0. The van der Waals surface area contributed by atoms with E-state index in [0.717, 1.165) is 25.7 Å². The Balaban J connectivity index is 3.26. The van der Waals surface area contributed by atoms with E-state index in [9.17, 15) is 9.59 Å². The molecule has 0 amide bonds. The number of Topliss-reactive ketones (excluding diaryl/α,β-unsaturated/α-hetero) is 1. The molecule has 3 heteroatoms. The third-order valence-electron chi connectivity index (χ3n) is 9.19. The van der Waals surface area contributed by atoms with E-state index in [1.54, 1.807) is 0 Å². The molecule has 0 heterocycles. The molecular formula is C40H78O3. The van der Waals surface area contributed by atoms with Gasteiger partial charge in [0.2, 0.25) is 0 Å². The molecule has 0 fully saturated rings. The number of carbonyl (C=O) groups excluding carboxylic acids is 2. The lowest BCUT2D eigenvalue weighted by Crippen LogP contribution is -2.13. The number of esters is 1. The quantitative estimate of drug-likeness (QED) is 0.0522. The van der Waals surface area contributed by atoms with Crippen molar-refractivity contribution in [1.29, 1.82) is 0 Å². The van der Waals surface area contributed by atoms with E-state index in [-0.39, 0.29) is 18.4 Å². The van der Waals surface area contributed by atoms with Gasteiger partial charge >= 0.3 is 5.97 Å². The van der Waals surface area contributed by atoms with Gasteiger partial charge in [-0.25, -0.2) is 0 Å². The first-order valence-corrected chi connectivity index (χ1v) is 19.9. The maximum Gasteiger partial charge on any atom is 0.306 e. The van der Waals surface area contributed by atoms with Crippen molar-refractivity contribution in [3.63, 3.8) is 0 Å². The average Bonchev–Trinajstić information content (AvgIpc) is 3.01. The molecule has 0 atom stereocenters. The van der Waals surface area contributed by atoms with Gasteiger partial charge in [0.15, 0.2) is 5.78 Å². The first-order valence-electron chi connectivity index (χ1n) is 19.9.